The van der Waals surface area contributed by atoms with E-state index in [0.29, 0.717) is 19.0 Å². The van der Waals surface area contributed by atoms with Gasteiger partial charge in [-0.2, -0.15) is 0 Å². The summed E-state index contributed by atoms with van der Waals surface area (Å²) in [6, 6.07) is 17.8. The van der Waals surface area contributed by atoms with Gasteiger partial charge >= 0.3 is 5.97 Å². The Labute approximate surface area is 161 Å². The number of hydrogen-bond acceptors (Lipinski definition) is 5. The van der Waals surface area contributed by atoms with Crippen LogP contribution in [0.15, 0.2) is 54.6 Å². The second-order valence-corrected chi connectivity index (χ2v) is 6.21. The highest BCUT2D eigenvalue weighted by Crippen LogP contribution is 2.26. The lowest BCUT2D eigenvalue weighted by molar-refractivity contribution is -0.131. The average Bonchev–Trinajstić information content (AvgIpc) is 2.67. The zero-order chi connectivity index (χ0) is 19.3. The highest BCUT2D eigenvalue weighted by atomic mass is 16.7. The van der Waals surface area contributed by atoms with Crippen LogP contribution in [0.1, 0.15) is 37.0 Å². The lowest BCUT2D eigenvalue weighted by Gasteiger charge is -2.19. The topological polar surface area (TPSA) is 54.0 Å². The summed E-state index contributed by atoms with van der Waals surface area (Å²) in [5.74, 6) is 0.204. The molecule has 1 atom stereocenters. The first-order valence-electron chi connectivity index (χ1n) is 9.19. The maximum absolute atomic E-state index is 11.1. The number of carbonyl (C=O) groups is 1. The number of aryl methyl sites for hydroxylation is 1. The minimum Gasteiger partial charge on any atom is -0.427 e. The Hall–Kier alpha value is -2.21. The molecule has 0 aliphatic rings. The van der Waals surface area contributed by atoms with Crippen LogP contribution in [0, 0.1) is 0 Å². The van der Waals surface area contributed by atoms with Gasteiger partial charge in [0, 0.05) is 14.0 Å². The van der Waals surface area contributed by atoms with Crippen molar-refractivity contribution in [2.75, 3.05) is 27.1 Å². The molecule has 0 aliphatic carbocycles. The third-order valence-electron chi connectivity index (χ3n) is 4.07. The van der Waals surface area contributed by atoms with Crippen molar-refractivity contribution >= 4 is 5.97 Å². The van der Waals surface area contributed by atoms with Crippen molar-refractivity contribution in [1.29, 1.82) is 0 Å². The Morgan fingerprint density at radius 2 is 1.74 bits per heavy atom. The Morgan fingerprint density at radius 1 is 1.00 bits per heavy atom. The predicted octanol–water partition coefficient (Wildman–Crippen LogP) is 4.31. The fraction of sp³-hybridized carbons (Fsp3) is 0.409. The third-order valence-corrected chi connectivity index (χ3v) is 4.07. The van der Waals surface area contributed by atoms with Crippen molar-refractivity contribution in [3.63, 3.8) is 0 Å². The normalized spacial score (nSPS) is 11.9. The van der Waals surface area contributed by atoms with Crippen LogP contribution in [0.2, 0.25) is 0 Å². The summed E-state index contributed by atoms with van der Waals surface area (Å²) in [7, 11) is 1.64. The SMILES string of the molecule is COCCOCOC(CCCc1ccccc1)c1ccc(OC(C)=O)cc1. The van der Waals surface area contributed by atoms with Gasteiger partial charge in [-0.1, -0.05) is 42.5 Å². The molecule has 2 rings (SSSR count). The smallest absolute Gasteiger partial charge is 0.308 e. The molecule has 0 fully saturated rings. The molecule has 146 valence electrons. The van der Waals surface area contributed by atoms with Crippen LogP contribution < -0.4 is 4.74 Å². The van der Waals surface area contributed by atoms with E-state index in [1.165, 1.54) is 12.5 Å². The summed E-state index contributed by atoms with van der Waals surface area (Å²) in [5.41, 5.74) is 2.35. The molecule has 27 heavy (non-hydrogen) atoms. The summed E-state index contributed by atoms with van der Waals surface area (Å²) in [5, 5.41) is 0. The van der Waals surface area contributed by atoms with E-state index in [2.05, 4.69) is 24.3 Å². The van der Waals surface area contributed by atoms with Crippen LogP contribution in [0.25, 0.3) is 0 Å². The van der Waals surface area contributed by atoms with Gasteiger partial charge in [-0.25, -0.2) is 0 Å². The van der Waals surface area contributed by atoms with Gasteiger partial charge in [0.05, 0.1) is 19.3 Å². The predicted molar refractivity (Wildman–Crippen MR) is 104 cm³/mol. The second-order valence-electron chi connectivity index (χ2n) is 6.21. The van der Waals surface area contributed by atoms with Crippen LogP contribution in [-0.4, -0.2) is 33.1 Å². The maximum atomic E-state index is 11.1. The van der Waals surface area contributed by atoms with E-state index in [1.807, 2.05) is 18.2 Å². The van der Waals surface area contributed by atoms with Crippen molar-refractivity contribution in [3.8, 4) is 5.75 Å². The quantitative estimate of drug-likeness (QED) is 0.240. The van der Waals surface area contributed by atoms with Gasteiger partial charge in [0.25, 0.3) is 0 Å². The molecule has 0 radical (unpaired) electrons. The van der Waals surface area contributed by atoms with E-state index in [4.69, 9.17) is 18.9 Å². The van der Waals surface area contributed by atoms with Crippen molar-refractivity contribution in [1.82, 2.24) is 0 Å². The van der Waals surface area contributed by atoms with Gasteiger partial charge < -0.3 is 18.9 Å². The second kappa shape index (κ2) is 12.2. The first kappa shape index (κ1) is 21.1. The lowest BCUT2D eigenvalue weighted by Crippen LogP contribution is -2.11. The van der Waals surface area contributed by atoms with Crippen molar-refractivity contribution in [2.45, 2.75) is 32.3 Å². The van der Waals surface area contributed by atoms with E-state index in [-0.39, 0.29) is 18.9 Å². The summed E-state index contributed by atoms with van der Waals surface area (Å²) in [6.45, 7) is 2.64. The van der Waals surface area contributed by atoms with Crippen LogP contribution in [0.4, 0.5) is 0 Å². The molecule has 0 spiro atoms. The molecule has 0 aromatic heterocycles. The Balaban J connectivity index is 1.92. The Kier molecular flexibility index (Phi) is 9.55. The number of benzene rings is 2. The molecule has 5 heteroatoms. The minimum atomic E-state index is -0.329. The van der Waals surface area contributed by atoms with E-state index in [9.17, 15) is 4.79 Å². The molecule has 0 aliphatic heterocycles. The van der Waals surface area contributed by atoms with E-state index in [1.54, 1.807) is 19.2 Å². The molecule has 0 N–H and O–H groups in total. The number of esters is 1. The fourth-order valence-corrected chi connectivity index (χ4v) is 2.73. The summed E-state index contributed by atoms with van der Waals surface area (Å²) >= 11 is 0. The molecule has 0 bridgehead atoms. The molecule has 0 heterocycles. The number of carbonyl (C=O) groups excluding carboxylic acids is 1. The van der Waals surface area contributed by atoms with Gasteiger partial charge in [-0.15, -0.1) is 0 Å². The van der Waals surface area contributed by atoms with Gasteiger partial charge in [0.1, 0.15) is 12.5 Å². The first-order valence-corrected chi connectivity index (χ1v) is 9.19. The highest BCUT2D eigenvalue weighted by molar-refractivity contribution is 5.69. The number of methoxy groups -OCH3 is 1. The molecular weight excluding hydrogens is 344 g/mol. The lowest BCUT2D eigenvalue weighted by atomic mass is 10.0. The average molecular weight is 372 g/mol. The summed E-state index contributed by atoms with van der Waals surface area (Å²) in [4.78, 5) is 11.1. The van der Waals surface area contributed by atoms with Crippen LogP contribution in [0.3, 0.4) is 0 Å². The molecule has 1 unspecified atom stereocenters. The maximum Gasteiger partial charge on any atom is 0.308 e. The number of rotatable bonds is 12. The molecular formula is C22H28O5. The highest BCUT2D eigenvalue weighted by Gasteiger charge is 2.13. The van der Waals surface area contributed by atoms with Crippen LogP contribution in [-0.2, 0) is 25.4 Å². The van der Waals surface area contributed by atoms with Gasteiger partial charge in [-0.05, 0) is 42.5 Å². The van der Waals surface area contributed by atoms with Crippen molar-refractivity contribution < 1.29 is 23.7 Å². The van der Waals surface area contributed by atoms with Gasteiger partial charge in [0.15, 0.2) is 0 Å². The molecule has 0 saturated carbocycles. The zero-order valence-electron chi connectivity index (χ0n) is 16.1. The monoisotopic (exact) mass is 372 g/mol. The number of hydrogen-bond donors (Lipinski definition) is 0. The fourth-order valence-electron chi connectivity index (χ4n) is 2.73. The first-order chi connectivity index (χ1) is 13.2. The van der Waals surface area contributed by atoms with Crippen LogP contribution in [0.5, 0.6) is 5.75 Å². The number of ether oxygens (including phenoxy) is 4. The van der Waals surface area contributed by atoms with Crippen molar-refractivity contribution in [2.24, 2.45) is 0 Å². The molecule has 0 saturated heterocycles. The van der Waals surface area contributed by atoms with Crippen LogP contribution >= 0.6 is 0 Å². The van der Waals surface area contributed by atoms with Gasteiger partial charge in [-0.3, -0.25) is 4.79 Å². The molecule has 2 aromatic rings. The van der Waals surface area contributed by atoms with E-state index < -0.39 is 0 Å². The Morgan fingerprint density at radius 3 is 2.41 bits per heavy atom. The van der Waals surface area contributed by atoms with E-state index in [0.717, 1.165) is 24.8 Å². The molecule has 2 aromatic carbocycles. The van der Waals surface area contributed by atoms with Crippen molar-refractivity contribution in [3.05, 3.63) is 65.7 Å². The molecule has 5 nitrogen and oxygen atoms in total. The molecule has 0 amide bonds. The minimum absolute atomic E-state index is 0.0809. The zero-order valence-corrected chi connectivity index (χ0v) is 16.1. The summed E-state index contributed by atoms with van der Waals surface area (Å²) in [6.07, 6.45) is 2.78. The standard InChI is InChI=1S/C22H28O5/c1-18(23)27-21-13-11-20(12-14-21)22(26-17-25-16-15-24-2)10-6-9-19-7-4-3-5-8-19/h3-5,7-8,11-14,22H,6,9-10,15-17H2,1-2H3. The Bertz CT molecular complexity index is 654. The summed E-state index contributed by atoms with van der Waals surface area (Å²) < 4.78 is 21.5. The van der Waals surface area contributed by atoms with Gasteiger partial charge in [0.2, 0.25) is 0 Å². The van der Waals surface area contributed by atoms with E-state index >= 15 is 0 Å². The third kappa shape index (κ3) is 8.35. The largest absolute Gasteiger partial charge is 0.427 e.